The first kappa shape index (κ1) is 16.1. The van der Waals surface area contributed by atoms with Crippen LogP contribution in [0.4, 0.5) is 0 Å². The molecule has 0 atom stereocenters. The molecule has 1 fully saturated rings. The lowest BCUT2D eigenvalue weighted by Gasteiger charge is -2.25. The van der Waals surface area contributed by atoms with Gasteiger partial charge < -0.3 is 5.32 Å². The summed E-state index contributed by atoms with van der Waals surface area (Å²) >= 11 is 12.5. The van der Waals surface area contributed by atoms with Crippen molar-refractivity contribution in [1.82, 2.24) is 15.1 Å². The maximum atomic E-state index is 6.41. The van der Waals surface area contributed by atoms with Crippen LogP contribution in [0.25, 0.3) is 0 Å². The number of alkyl halides is 1. The van der Waals surface area contributed by atoms with Crippen molar-refractivity contribution in [1.29, 1.82) is 0 Å². The minimum absolute atomic E-state index is 0.398. The Morgan fingerprint density at radius 1 is 1.25 bits per heavy atom. The molecule has 5 heteroatoms. The third-order valence-corrected chi connectivity index (χ3v) is 5.07. The molecule has 1 aliphatic carbocycles. The highest BCUT2D eigenvalue weighted by Crippen LogP contribution is 2.27. The molecule has 0 bridgehead atoms. The van der Waals surface area contributed by atoms with E-state index in [1.165, 1.54) is 12.8 Å². The van der Waals surface area contributed by atoms with Crippen LogP contribution in [0.3, 0.4) is 0 Å². The first-order valence-corrected chi connectivity index (χ1v) is 8.55. The van der Waals surface area contributed by atoms with E-state index in [-0.39, 0.29) is 0 Å². The van der Waals surface area contributed by atoms with Gasteiger partial charge in [0, 0.05) is 18.5 Å². The molecule has 114 valence electrons. The van der Waals surface area contributed by atoms with Crippen LogP contribution in [0.5, 0.6) is 0 Å². The zero-order valence-corrected chi connectivity index (χ0v) is 14.0. The molecule has 0 aromatic carbocycles. The van der Waals surface area contributed by atoms with Gasteiger partial charge in [0.15, 0.2) is 0 Å². The summed E-state index contributed by atoms with van der Waals surface area (Å²) in [5, 5.41) is 9.34. The molecule has 1 aromatic heterocycles. The summed E-state index contributed by atoms with van der Waals surface area (Å²) in [4.78, 5) is 0. The molecular weight excluding hydrogens is 293 g/mol. The van der Waals surface area contributed by atoms with Crippen molar-refractivity contribution in [2.24, 2.45) is 5.92 Å². The van der Waals surface area contributed by atoms with Gasteiger partial charge in [-0.15, -0.1) is 11.6 Å². The van der Waals surface area contributed by atoms with Crippen molar-refractivity contribution in [3.8, 4) is 0 Å². The van der Waals surface area contributed by atoms with Crippen molar-refractivity contribution < 1.29 is 0 Å². The van der Waals surface area contributed by atoms with Gasteiger partial charge in [-0.05, 0) is 51.5 Å². The van der Waals surface area contributed by atoms with E-state index in [1.807, 2.05) is 4.68 Å². The first-order valence-electron chi connectivity index (χ1n) is 7.74. The fraction of sp³-hybridized carbons (Fsp3) is 0.800. The predicted octanol–water partition coefficient (Wildman–Crippen LogP) is 4.01. The van der Waals surface area contributed by atoms with Gasteiger partial charge in [-0.1, -0.05) is 18.5 Å². The summed E-state index contributed by atoms with van der Waals surface area (Å²) in [6.07, 6.45) is 5.67. The topological polar surface area (TPSA) is 29.9 Å². The molecule has 3 nitrogen and oxygen atoms in total. The van der Waals surface area contributed by atoms with Gasteiger partial charge in [0.05, 0.1) is 16.4 Å². The molecule has 0 unspecified atom stereocenters. The number of hydrogen-bond donors (Lipinski definition) is 1. The average molecular weight is 318 g/mol. The van der Waals surface area contributed by atoms with E-state index >= 15 is 0 Å². The molecule has 2 rings (SSSR count). The summed E-state index contributed by atoms with van der Waals surface area (Å²) in [6.45, 7) is 6.93. The van der Waals surface area contributed by atoms with Crippen molar-refractivity contribution >= 4 is 23.2 Å². The summed E-state index contributed by atoms with van der Waals surface area (Å²) in [6, 6.07) is 0. The molecular formula is C15H25Cl2N3. The van der Waals surface area contributed by atoms with Gasteiger partial charge in [0.1, 0.15) is 0 Å². The summed E-state index contributed by atoms with van der Waals surface area (Å²) < 4.78 is 2.02. The van der Waals surface area contributed by atoms with Crippen LogP contribution in [-0.4, -0.2) is 21.7 Å². The fourth-order valence-corrected chi connectivity index (χ4v) is 3.49. The second-order valence-corrected chi connectivity index (χ2v) is 6.62. The first-order chi connectivity index (χ1) is 9.65. The molecule has 1 saturated carbocycles. The van der Waals surface area contributed by atoms with E-state index in [4.69, 9.17) is 23.2 Å². The molecule has 0 spiro atoms. The Bertz CT molecular complexity index is 423. The zero-order valence-electron chi connectivity index (χ0n) is 12.5. The van der Waals surface area contributed by atoms with Crippen molar-refractivity contribution in [3.05, 3.63) is 16.4 Å². The van der Waals surface area contributed by atoms with Crippen LogP contribution in [0.2, 0.25) is 5.02 Å². The number of halogens is 2. The van der Waals surface area contributed by atoms with Crippen molar-refractivity contribution in [3.63, 3.8) is 0 Å². The highest BCUT2D eigenvalue weighted by molar-refractivity contribution is 6.31. The second-order valence-electron chi connectivity index (χ2n) is 5.63. The maximum absolute atomic E-state index is 6.41. The Morgan fingerprint density at radius 3 is 2.55 bits per heavy atom. The van der Waals surface area contributed by atoms with Gasteiger partial charge in [-0.2, -0.15) is 5.10 Å². The summed E-state index contributed by atoms with van der Waals surface area (Å²) in [5.41, 5.74) is 2.13. The highest BCUT2D eigenvalue weighted by atomic mass is 35.5. The molecule has 1 aromatic rings. The standard InChI is InChI=1S/C15H25Cl2N3/c1-3-13-15(17)14(20(4-2)19-13)10-18-9-11-5-7-12(16)8-6-11/h11-12,18H,3-10H2,1-2H3. The monoisotopic (exact) mass is 317 g/mol. The Hall–Kier alpha value is -0.250. The van der Waals surface area contributed by atoms with Crippen LogP contribution in [0.15, 0.2) is 0 Å². The lowest BCUT2D eigenvalue weighted by atomic mass is 9.89. The molecule has 0 aliphatic heterocycles. The van der Waals surface area contributed by atoms with Crippen molar-refractivity contribution in [2.45, 2.75) is 64.4 Å². The zero-order chi connectivity index (χ0) is 14.5. The Labute approximate surface area is 132 Å². The molecule has 0 saturated heterocycles. The van der Waals surface area contributed by atoms with E-state index < -0.39 is 0 Å². The third kappa shape index (κ3) is 3.90. The van der Waals surface area contributed by atoms with Crippen LogP contribution in [0.1, 0.15) is 50.9 Å². The Balaban J connectivity index is 1.86. The number of aromatic nitrogens is 2. The van der Waals surface area contributed by atoms with Crippen LogP contribution in [-0.2, 0) is 19.5 Å². The van der Waals surface area contributed by atoms with Crippen LogP contribution < -0.4 is 5.32 Å². The SMILES string of the molecule is CCc1nn(CC)c(CNCC2CCC(Cl)CC2)c1Cl. The summed E-state index contributed by atoms with van der Waals surface area (Å²) in [5.74, 6) is 0.757. The molecule has 20 heavy (non-hydrogen) atoms. The lowest BCUT2D eigenvalue weighted by Crippen LogP contribution is -2.27. The van der Waals surface area contributed by atoms with Crippen LogP contribution >= 0.6 is 23.2 Å². The predicted molar refractivity (Wildman–Crippen MR) is 85.6 cm³/mol. The van der Waals surface area contributed by atoms with E-state index in [0.29, 0.717) is 5.38 Å². The number of hydrogen-bond acceptors (Lipinski definition) is 2. The minimum atomic E-state index is 0.398. The van der Waals surface area contributed by atoms with E-state index in [1.54, 1.807) is 0 Å². The van der Waals surface area contributed by atoms with Gasteiger partial charge in [0.2, 0.25) is 0 Å². The minimum Gasteiger partial charge on any atom is -0.311 e. The van der Waals surface area contributed by atoms with Gasteiger partial charge >= 0.3 is 0 Å². The third-order valence-electron chi connectivity index (χ3n) is 4.20. The number of nitrogens with one attached hydrogen (secondary N) is 1. The number of rotatable bonds is 6. The van der Waals surface area contributed by atoms with E-state index in [9.17, 15) is 0 Å². The van der Waals surface area contributed by atoms with E-state index in [0.717, 1.165) is 61.2 Å². The Morgan fingerprint density at radius 2 is 1.95 bits per heavy atom. The van der Waals surface area contributed by atoms with E-state index in [2.05, 4.69) is 24.3 Å². The molecule has 1 heterocycles. The number of aryl methyl sites for hydroxylation is 2. The summed E-state index contributed by atoms with van der Waals surface area (Å²) in [7, 11) is 0. The molecule has 0 amide bonds. The second kappa shape index (κ2) is 7.67. The number of nitrogens with zero attached hydrogens (tertiary/aromatic N) is 2. The fourth-order valence-electron chi connectivity index (χ4n) is 2.91. The highest BCUT2D eigenvalue weighted by Gasteiger charge is 2.20. The smallest absolute Gasteiger partial charge is 0.0863 e. The average Bonchev–Trinajstić information content (AvgIpc) is 2.77. The Kier molecular flexibility index (Phi) is 6.19. The lowest BCUT2D eigenvalue weighted by molar-refractivity contribution is 0.344. The molecule has 1 N–H and O–H groups in total. The molecule has 1 aliphatic rings. The maximum Gasteiger partial charge on any atom is 0.0863 e. The van der Waals surface area contributed by atoms with Gasteiger partial charge in [-0.3, -0.25) is 4.68 Å². The molecule has 0 radical (unpaired) electrons. The van der Waals surface area contributed by atoms with Crippen molar-refractivity contribution in [2.75, 3.05) is 6.54 Å². The van der Waals surface area contributed by atoms with Gasteiger partial charge in [-0.25, -0.2) is 0 Å². The normalized spacial score (nSPS) is 23.2. The van der Waals surface area contributed by atoms with Crippen LogP contribution in [0, 0.1) is 5.92 Å². The quantitative estimate of drug-likeness (QED) is 0.803. The van der Waals surface area contributed by atoms with Gasteiger partial charge in [0.25, 0.3) is 0 Å². The largest absolute Gasteiger partial charge is 0.311 e.